The SMILES string of the molecule is CC(NCc1c(F)cccc1F)c1cc(F)ccc1F. The van der Waals surface area contributed by atoms with Crippen LogP contribution < -0.4 is 5.32 Å². The highest BCUT2D eigenvalue weighted by atomic mass is 19.1. The molecule has 1 unspecified atom stereocenters. The van der Waals surface area contributed by atoms with E-state index in [1.54, 1.807) is 6.92 Å². The molecule has 0 aliphatic heterocycles. The summed E-state index contributed by atoms with van der Waals surface area (Å²) in [6.45, 7) is 1.48. The van der Waals surface area contributed by atoms with E-state index >= 15 is 0 Å². The van der Waals surface area contributed by atoms with E-state index in [-0.39, 0.29) is 17.7 Å². The summed E-state index contributed by atoms with van der Waals surface area (Å²) in [6.07, 6.45) is 0. The zero-order valence-electron chi connectivity index (χ0n) is 10.8. The van der Waals surface area contributed by atoms with Gasteiger partial charge in [-0.05, 0) is 37.3 Å². The molecule has 2 rings (SSSR count). The van der Waals surface area contributed by atoms with Crippen LogP contribution in [0.3, 0.4) is 0 Å². The Morgan fingerprint density at radius 2 is 1.60 bits per heavy atom. The standard InChI is InChI=1S/C15H13F4N/c1-9(11-7-10(16)5-6-15(11)19)20-8-12-13(17)3-2-4-14(12)18/h2-7,9,20H,8H2,1H3. The molecule has 0 aromatic heterocycles. The van der Waals surface area contributed by atoms with Gasteiger partial charge in [-0.25, -0.2) is 17.6 Å². The fourth-order valence-electron chi connectivity index (χ4n) is 1.91. The lowest BCUT2D eigenvalue weighted by Gasteiger charge is -2.16. The minimum absolute atomic E-state index is 0.113. The third-order valence-electron chi connectivity index (χ3n) is 3.07. The Labute approximate surface area is 114 Å². The molecule has 1 nitrogen and oxygen atoms in total. The summed E-state index contributed by atoms with van der Waals surface area (Å²) in [4.78, 5) is 0. The number of hydrogen-bond acceptors (Lipinski definition) is 1. The zero-order chi connectivity index (χ0) is 14.7. The molecule has 0 aliphatic rings. The van der Waals surface area contributed by atoms with Gasteiger partial charge in [0.1, 0.15) is 23.3 Å². The maximum Gasteiger partial charge on any atom is 0.130 e. The number of nitrogens with one attached hydrogen (secondary N) is 1. The van der Waals surface area contributed by atoms with E-state index in [0.29, 0.717) is 0 Å². The number of hydrogen-bond donors (Lipinski definition) is 1. The molecule has 0 heterocycles. The monoisotopic (exact) mass is 283 g/mol. The molecular formula is C15H13F4N. The normalized spacial score (nSPS) is 12.4. The highest BCUT2D eigenvalue weighted by Gasteiger charge is 2.14. The first-order valence-electron chi connectivity index (χ1n) is 6.10. The van der Waals surface area contributed by atoms with Crippen molar-refractivity contribution in [2.24, 2.45) is 0 Å². The van der Waals surface area contributed by atoms with Crippen LogP contribution in [-0.2, 0) is 6.54 Å². The van der Waals surface area contributed by atoms with Gasteiger partial charge in [-0.3, -0.25) is 0 Å². The van der Waals surface area contributed by atoms with Crippen molar-refractivity contribution in [2.75, 3.05) is 0 Å². The van der Waals surface area contributed by atoms with Gasteiger partial charge in [0.25, 0.3) is 0 Å². The van der Waals surface area contributed by atoms with Crippen molar-refractivity contribution >= 4 is 0 Å². The maximum absolute atomic E-state index is 13.5. The first kappa shape index (κ1) is 14.5. The molecule has 5 heteroatoms. The average molecular weight is 283 g/mol. The zero-order valence-corrected chi connectivity index (χ0v) is 10.8. The lowest BCUT2D eigenvalue weighted by Crippen LogP contribution is -2.20. The van der Waals surface area contributed by atoms with Crippen LogP contribution in [0.5, 0.6) is 0 Å². The molecule has 2 aromatic rings. The summed E-state index contributed by atoms with van der Waals surface area (Å²) in [7, 11) is 0. The van der Waals surface area contributed by atoms with Gasteiger partial charge in [0.2, 0.25) is 0 Å². The predicted octanol–water partition coefficient (Wildman–Crippen LogP) is 4.09. The molecule has 0 fully saturated rings. The van der Waals surface area contributed by atoms with Crippen LogP contribution in [0.15, 0.2) is 36.4 Å². The molecular weight excluding hydrogens is 270 g/mol. The molecule has 2 aromatic carbocycles. The van der Waals surface area contributed by atoms with E-state index in [2.05, 4.69) is 5.32 Å². The summed E-state index contributed by atoms with van der Waals surface area (Å²) >= 11 is 0. The van der Waals surface area contributed by atoms with Crippen LogP contribution >= 0.6 is 0 Å². The van der Waals surface area contributed by atoms with E-state index in [1.165, 1.54) is 6.07 Å². The van der Waals surface area contributed by atoms with Crippen LogP contribution in [0, 0.1) is 23.3 Å². The number of halogens is 4. The van der Waals surface area contributed by atoms with Crippen molar-refractivity contribution in [1.29, 1.82) is 0 Å². The second-order valence-corrected chi connectivity index (χ2v) is 4.47. The van der Waals surface area contributed by atoms with Crippen molar-refractivity contribution in [3.05, 3.63) is 70.8 Å². The van der Waals surface area contributed by atoms with E-state index in [9.17, 15) is 17.6 Å². The third kappa shape index (κ3) is 3.17. The summed E-state index contributed by atoms with van der Waals surface area (Å²) < 4.78 is 53.5. The fraction of sp³-hybridized carbons (Fsp3) is 0.200. The van der Waals surface area contributed by atoms with Crippen LogP contribution in [0.2, 0.25) is 0 Å². The van der Waals surface area contributed by atoms with Crippen molar-refractivity contribution in [1.82, 2.24) is 5.32 Å². The van der Waals surface area contributed by atoms with Crippen molar-refractivity contribution in [3.63, 3.8) is 0 Å². The van der Waals surface area contributed by atoms with Gasteiger partial charge in [-0.1, -0.05) is 6.07 Å². The van der Waals surface area contributed by atoms with Crippen LogP contribution in [0.4, 0.5) is 17.6 Å². The molecule has 1 atom stereocenters. The van der Waals surface area contributed by atoms with Gasteiger partial charge in [-0.15, -0.1) is 0 Å². The minimum Gasteiger partial charge on any atom is -0.306 e. The molecule has 0 aliphatic carbocycles. The van der Waals surface area contributed by atoms with Crippen molar-refractivity contribution in [3.8, 4) is 0 Å². The topological polar surface area (TPSA) is 12.0 Å². The highest BCUT2D eigenvalue weighted by Crippen LogP contribution is 2.19. The van der Waals surface area contributed by atoms with Gasteiger partial charge in [0.05, 0.1) is 0 Å². The quantitative estimate of drug-likeness (QED) is 0.833. The Kier molecular flexibility index (Phi) is 4.39. The van der Waals surface area contributed by atoms with Gasteiger partial charge < -0.3 is 5.32 Å². The van der Waals surface area contributed by atoms with E-state index in [0.717, 1.165) is 30.3 Å². The molecule has 106 valence electrons. The van der Waals surface area contributed by atoms with Gasteiger partial charge in [0.15, 0.2) is 0 Å². The van der Waals surface area contributed by atoms with Gasteiger partial charge in [0, 0.05) is 23.7 Å². The predicted molar refractivity (Wildman–Crippen MR) is 68.0 cm³/mol. The number of rotatable bonds is 4. The smallest absolute Gasteiger partial charge is 0.130 e. The molecule has 0 bridgehead atoms. The Morgan fingerprint density at radius 3 is 2.25 bits per heavy atom. The molecule has 0 radical (unpaired) electrons. The summed E-state index contributed by atoms with van der Waals surface area (Å²) in [5.74, 6) is -2.48. The van der Waals surface area contributed by atoms with Crippen LogP contribution in [0.1, 0.15) is 24.1 Å². The van der Waals surface area contributed by atoms with E-state index in [1.807, 2.05) is 0 Å². The minimum atomic E-state index is -0.676. The van der Waals surface area contributed by atoms with Crippen molar-refractivity contribution < 1.29 is 17.6 Å². The Hall–Kier alpha value is -1.88. The average Bonchev–Trinajstić information content (AvgIpc) is 2.40. The lowest BCUT2D eigenvalue weighted by atomic mass is 10.1. The number of benzene rings is 2. The molecule has 0 amide bonds. The summed E-state index contributed by atoms with van der Waals surface area (Å²) in [5, 5.41) is 2.78. The first-order chi connectivity index (χ1) is 9.49. The molecule has 20 heavy (non-hydrogen) atoms. The Balaban J connectivity index is 2.13. The molecule has 1 N–H and O–H groups in total. The summed E-state index contributed by atoms with van der Waals surface area (Å²) in [5.41, 5.74) is -0.0158. The first-order valence-corrected chi connectivity index (χ1v) is 6.10. The van der Waals surface area contributed by atoms with Gasteiger partial charge in [-0.2, -0.15) is 0 Å². The second kappa shape index (κ2) is 6.05. The van der Waals surface area contributed by atoms with E-state index in [4.69, 9.17) is 0 Å². The van der Waals surface area contributed by atoms with Gasteiger partial charge >= 0.3 is 0 Å². The molecule has 0 saturated carbocycles. The third-order valence-corrected chi connectivity index (χ3v) is 3.07. The second-order valence-electron chi connectivity index (χ2n) is 4.47. The fourth-order valence-corrected chi connectivity index (χ4v) is 1.91. The van der Waals surface area contributed by atoms with E-state index < -0.39 is 29.3 Å². The lowest BCUT2D eigenvalue weighted by molar-refractivity contribution is 0.490. The Bertz CT molecular complexity index is 593. The largest absolute Gasteiger partial charge is 0.306 e. The maximum atomic E-state index is 13.5. The Morgan fingerprint density at radius 1 is 0.950 bits per heavy atom. The summed E-state index contributed by atoms with van der Waals surface area (Å²) in [6, 6.07) is 6.08. The molecule has 0 spiro atoms. The van der Waals surface area contributed by atoms with Crippen LogP contribution in [-0.4, -0.2) is 0 Å². The van der Waals surface area contributed by atoms with Crippen LogP contribution in [0.25, 0.3) is 0 Å². The molecule has 0 saturated heterocycles. The highest BCUT2D eigenvalue weighted by molar-refractivity contribution is 5.23. The van der Waals surface area contributed by atoms with Crippen molar-refractivity contribution in [2.45, 2.75) is 19.5 Å².